The number of hydrogen-bond donors (Lipinski definition) is 3. The van der Waals surface area contributed by atoms with E-state index in [1.807, 2.05) is 24.3 Å². The van der Waals surface area contributed by atoms with Crippen LogP contribution in [0.3, 0.4) is 0 Å². The molecular weight excluding hydrogens is 422 g/mol. The van der Waals surface area contributed by atoms with Gasteiger partial charge in [-0.2, -0.15) is 0 Å². The Morgan fingerprint density at radius 1 is 0.964 bits per heavy atom. The predicted molar refractivity (Wildman–Crippen MR) is 112 cm³/mol. The van der Waals surface area contributed by atoms with Crippen molar-refractivity contribution in [2.24, 2.45) is 5.92 Å². The minimum absolute atomic E-state index is 0.0458. The maximum absolute atomic E-state index is 12.5. The van der Waals surface area contributed by atoms with Crippen LogP contribution in [-0.2, 0) is 14.4 Å². The fourth-order valence-corrected chi connectivity index (χ4v) is 3.08. The highest BCUT2D eigenvalue weighted by Gasteiger charge is 2.29. The molecule has 1 aliphatic rings. The van der Waals surface area contributed by atoms with Crippen LogP contribution in [0, 0.1) is 5.92 Å². The van der Waals surface area contributed by atoms with Crippen molar-refractivity contribution in [2.45, 2.75) is 32.2 Å². The van der Waals surface area contributed by atoms with Crippen LogP contribution in [0.15, 0.2) is 53.0 Å². The second kappa shape index (κ2) is 9.01. The van der Waals surface area contributed by atoms with Crippen molar-refractivity contribution in [3.8, 4) is 0 Å². The van der Waals surface area contributed by atoms with Crippen LogP contribution >= 0.6 is 15.9 Å². The SMILES string of the molecule is CC(=O)NC(CC(=O)Nc1ccc(NC(=O)C2CC2)cc1)c1ccc(Br)cc1. The second-order valence-corrected chi connectivity index (χ2v) is 7.81. The largest absolute Gasteiger partial charge is 0.349 e. The molecule has 0 spiro atoms. The molecule has 0 saturated heterocycles. The van der Waals surface area contributed by atoms with Gasteiger partial charge in [-0.1, -0.05) is 28.1 Å². The van der Waals surface area contributed by atoms with Gasteiger partial charge >= 0.3 is 0 Å². The summed E-state index contributed by atoms with van der Waals surface area (Å²) in [5, 5.41) is 8.51. The first-order valence-electron chi connectivity index (χ1n) is 9.14. The summed E-state index contributed by atoms with van der Waals surface area (Å²) in [7, 11) is 0. The quantitative estimate of drug-likeness (QED) is 0.603. The number of hydrogen-bond acceptors (Lipinski definition) is 3. The molecule has 146 valence electrons. The molecule has 0 heterocycles. The van der Waals surface area contributed by atoms with E-state index in [9.17, 15) is 14.4 Å². The standard InChI is InChI=1S/C21H22BrN3O3/c1-13(26)23-19(14-4-6-16(22)7-5-14)12-20(27)24-17-8-10-18(11-9-17)25-21(28)15-2-3-15/h4-11,15,19H,2-3,12H2,1H3,(H,23,26)(H,24,27)(H,25,28). The summed E-state index contributed by atoms with van der Waals surface area (Å²) >= 11 is 3.38. The molecule has 28 heavy (non-hydrogen) atoms. The molecule has 0 bridgehead atoms. The number of amides is 3. The molecule has 0 aromatic heterocycles. The number of carbonyl (C=O) groups excluding carboxylic acids is 3. The van der Waals surface area contributed by atoms with Crippen LogP contribution in [-0.4, -0.2) is 17.7 Å². The average Bonchev–Trinajstić information content (AvgIpc) is 3.48. The van der Waals surface area contributed by atoms with Crippen LogP contribution < -0.4 is 16.0 Å². The van der Waals surface area contributed by atoms with Gasteiger partial charge in [0.25, 0.3) is 0 Å². The molecule has 3 N–H and O–H groups in total. The Bertz CT molecular complexity index is 861. The van der Waals surface area contributed by atoms with Gasteiger partial charge in [0, 0.05) is 28.7 Å². The number of nitrogens with one attached hydrogen (secondary N) is 3. The topological polar surface area (TPSA) is 87.3 Å². The fraction of sp³-hybridized carbons (Fsp3) is 0.286. The third kappa shape index (κ3) is 5.92. The predicted octanol–water partition coefficient (Wildman–Crippen LogP) is 4.00. The molecule has 2 aromatic rings. The number of halogens is 1. The fourth-order valence-electron chi connectivity index (χ4n) is 2.82. The molecule has 1 unspecified atom stereocenters. The van der Waals surface area contributed by atoms with E-state index in [0.29, 0.717) is 11.4 Å². The zero-order chi connectivity index (χ0) is 20.1. The van der Waals surface area contributed by atoms with Gasteiger partial charge < -0.3 is 16.0 Å². The Kier molecular flexibility index (Phi) is 6.46. The summed E-state index contributed by atoms with van der Waals surface area (Å²) < 4.78 is 0.927. The van der Waals surface area contributed by atoms with Crippen molar-refractivity contribution in [3.63, 3.8) is 0 Å². The molecule has 1 aliphatic carbocycles. The summed E-state index contributed by atoms with van der Waals surface area (Å²) in [5.41, 5.74) is 2.19. The van der Waals surface area contributed by atoms with E-state index in [4.69, 9.17) is 0 Å². The lowest BCUT2D eigenvalue weighted by atomic mass is 10.0. The molecule has 7 heteroatoms. The second-order valence-electron chi connectivity index (χ2n) is 6.90. The number of anilines is 2. The van der Waals surface area contributed by atoms with E-state index in [-0.39, 0.29) is 30.1 Å². The van der Waals surface area contributed by atoms with Crippen molar-refractivity contribution in [2.75, 3.05) is 10.6 Å². The van der Waals surface area contributed by atoms with Crippen molar-refractivity contribution in [1.82, 2.24) is 5.32 Å². The van der Waals surface area contributed by atoms with Crippen molar-refractivity contribution >= 4 is 45.0 Å². The Hall–Kier alpha value is -2.67. The van der Waals surface area contributed by atoms with E-state index < -0.39 is 6.04 Å². The minimum Gasteiger partial charge on any atom is -0.349 e. The summed E-state index contributed by atoms with van der Waals surface area (Å²) in [6, 6.07) is 14.1. The maximum atomic E-state index is 12.5. The van der Waals surface area contributed by atoms with Gasteiger partial charge in [0.05, 0.1) is 12.5 Å². The lowest BCUT2D eigenvalue weighted by Crippen LogP contribution is -2.29. The van der Waals surface area contributed by atoms with E-state index in [1.54, 1.807) is 24.3 Å². The highest BCUT2D eigenvalue weighted by Crippen LogP contribution is 2.30. The summed E-state index contributed by atoms with van der Waals surface area (Å²) in [5.74, 6) is -0.221. The number of benzene rings is 2. The van der Waals surface area contributed by atoms with Crippen LogP contribution in [0.1, 0.15) is 37.8 Å². The molecule has 2 aromatic carbocycles. The minimum atomic E-state index is -0.414. The molecule has 1 fully saturated rings. The molecule has 1 atom stereocenters. The lowest BCUT2D eigenvalue weighted by Gasteiger charge is -2.18. The third-order valence-corrected chi connectivity index (χ3v) is 4.95. The maximum Gasteiger partial charge on any atom is 0.227 e. The van der Waals surface area contributed by atoms with Crippen molar-refractivity contribution < 1.29 is 14.4 Å². The zero-order valence-electron chi connectivity index (χ0n) is 15.5. The average molecular weight is 444 g/mol. The number of carbonyl (C=O) groups is 3. The van der Waals surface area contributed by atoms with Gasteiger partial charge in [-0.15, -0.1) is 0 Å². The highest BCUT2D eigenvalue weighted by atomic mass is 79.9. The van der Waals surface area contributed by atoms with Crippen LogP contribution in [0.2, 0.25) is 0 Å². The first-order chi connectivity index (χ1) is 13.4. The van der Waals surface area contributed by atoms with Gasteiger partial charge in [0.2, 0.25) is 17.7 Å². The van der Waals surface area contributed by atoms with Gasteiger partial charge in [-0.25, -0.2) is 0 Å². The smallest absolute Gasteiger partial charge is 0.227 e. The summed E-state index contributed by atoms with van der Waals surface area (Å²) in [6.07, 6.45) is 2.02. The number of rotatable bonds is 7. The molecule has 0 radical (unpaired) electrons. The van der Waals surface area contributed by atoms with E-state index >= 15 is 0 Å². The Morgan fingerprint density at radius 3 is 2.07 bits per heavy atom. The normalized spacial score (nSPS) is 14.1. The third-order valence-electron chi connectivity index (χ3n) is 4.42. The molecule has 3 amide bonds. The van der Waals surface area contributed by atoms with Crippen molar-refractivity contribution in [3.05, 3.63) is 58.6 Å². The van der Waals surface area contributed by atoms with Gasteiger partial charge in [-0.05, 0) is 54.8 Å². The van der Waals surface area contributed by atoms with Gasteiger partial charge in [0.1, 0.15) is 0 Å². The van der Waals surface area contributed by atoms with E-state index in [1.165, 1.54) is 6.92 Å². The van der Waals surface area contributed by atoms with Crippen LogP contribution in [0.5, 0.6) is 0 Å². The zero-order valence-corrected chi connectivity index (χ0v) is 17.1. The molecule has 1 saturated carbocycles. The van der Waals surface area contributed by atoms with Gasteiger partial charge in [0.15, 0.2) is 0 Å². The van der Waals surface area contributed by atoms with Crippen LogP contribution in [0.4, 0.5) is 11.4 Å². The molecule has 0 aliphatic heterocycles. The summed E-state index contributed by atoms with van der Waals surface area (Å²) in [6.45, 7) is 1.43. The molecular formula is C21H22BrN3O3. The first-order valence-corrected chi connectivity index (χ1v) is 9.93. The van der Waals surface area contributed by atoms with E-state index in [0.717, 1.165) is 22.9 Å². The van der Waals surface area contributed by atoms with E-state index in [2.05, 4.69) is 31.9 Å². The van der Waals surface area contributed by atoms with Crippen molar-refractivity contribution in [1.29, 1.82) is 0 Å². The molecule has 6 nitrogen and oxygen atoms in total. The Morgan fingerprint density at radius 2 is 1.54 bits per heavy atom. The summed E-state index contributed by atoms with van der Waals surface area (Å²) in [4.78, 5) is 35.8. The monoisotopic (exact) mass is 443 g/mol. The van der Waals surface area contributed by atoms with Gasteiger partial charge in [-0.3, -0.25) is 14.4 Å². The lowest BCUT2D eigenvalue weighted by molar-refractivity contribution is -0.120. The Labute approximate surface area is 172 Å². The first kappa shape index (κ1) is 20.1. The molecule has 3 rings (SSSR count). The van der Waals surface area contributed by atoms with Crippen LogP contribution in [0.25, 0.3) is 0 Å². The highest BCUT2D eigenvalue weighted by molar-refractivity contribution is 9.10. The Balaban J connectivity index is 1.59.